The van der Waals surface area contributed by atoms with Crippen molar-refractivity contribution in [2.45, 2.75) is 3.41 Å². The van der Waals surface area contributed by atoms with Crippen molar-refractivity contribution in [3.63, 3.8) is 0 Å². The molecule has 0 saturated heterocycles. The third kappa shape index (κ3) is 1.83. The standard InChI is InChI=1S/C3H4S4/c4-3(5)1-2-6-7-3/h1-2,4-5H. The number of hydrogen-bond acceptors (Lipinski definition) is 4. The summed E-state index contributed by atoms with van der Waals surface area (Å²) in [5.74, 6) is 0. The summed E-state index contributed by atoms with van der Waals surface area (Å²) in [7, 11) is 3.30. The van der Waals surface area contributed by atoms with Crippen LogP contribution in [0.4, 0.5) is 0 Å². The third-order valence-corrected chi connectivity index (χ3v) is 4.23. The van der Waals surface area contributed by atoms with Gasteiger partial charge in [0.1, 0.15) is 3.41 Å². The summed E-state index contributed by atoms with van der Waals surface area (Å²) in [4.78, 5) is 0. The van der Waals surface area contributed by atoms with E-state index < -0.39 is 0 Å². The summed E-state index contributed by atoms with van der Waals surface area (Å²) in [6, 6.07) is 0. The van der Waals surface area contributed by atoms with Gasteiger partial charge in [-0.3, -0.25) is 0 Å². The second-order valence-corrected chi connectivity index (χ2v) is 5.86. The Labute approximate surface area is 61.7 Å². The Morgan fingerprint density at radius 3 is 2.29 bits per heavy atom. The minimum absolute atomic E-state index is 0.218. The first-order valence-electron chi connectivity index (χ1n) is 1.68. The van der Waals surface area contributed by atoms with Crippen LogP contribution in [-0.2, 0) is 0 Å². The van der Waals surface area contributed by atoms with Crippen molar-refractivity contribution in [3.05, 3.63) is 11.5 Å². The quantitative estimate of drug-likeness (QED) is 0.324. The molecule has 1 heterocycles. The molecule has 7 heavy (non-hydrogen) atoms. The fourth-order valence-corrected chi connectivity index (χ4v) is 2.96. The molecule has 0 fully saturated rings. The normalized spacial score (nSPS) is 26.0. The molecule has 0 spiro atoms. The van der Waals surface area contributed by atoms with Crippen LogP contribution >= 0.6 is 46.8 Å². The van der Waals surface area contributed by atoms with Crippen molar-refractivity contribution in [1.29, 1.82) is 0 Å². The monoisotopic (exact) mass is 168 g/mol. The van der Waals surface area contributed by atoms with E-state index in [1.807, 2.05) is 11.5 Å². The van der Waals surface area contributed by atoms with Crippen molar-refractivity contribution in [1.82, 2.24) is 0 Å². The predicted molar refractivity (Wildman–Crippen MR) is 45.0 cm³/mol. The number of thiol groups is 2. The number of rotatable bonds is 0. The Hall–Kier alpha value is 1.14. The van der Waals surface area contributed by atoms with Gasteiger partial charge in [0.2, 0.25) is 0 Å². The number of hydrogen-bond donors (Lipinski definition) is 2. The molecule has 0 N–H and O–H groups in total. The van der Waals surface area contributed by atoms with E-state index >= 15 is 0 Å². The van der Waals surface area contributed by atoms with Crippen LogP contribution in [0.3, 0.4) is 0 Å². The van der Waals surface area contributed by atoms with Crippen LogP contribution in [0.2, 0.25) is 0 Å². The van der Waals surface area contributed by atoms with Crippen LogP contribution < -0.4 is 0 Å². The Balaban J connectivity index is 2.57. The second kappa shape index (κ2) is 2.17. The first kappa shape index (κ1) is 6.26. The van der Waals surface area contributed by atoms with Crippen molar-refractivity contribution in [2.75, 3.05) is 0 Å². The summed E-state index contributed by atoms with van der Waals surface area (Å²) in [5.41, 5.74) is 0. The molecule has 0 unspecified atom stereocenters. The lowest BCUT2D eigenvalue weighted by atomic mass is 10.7. The van der Waals surface area contributed by atoms with Crippen molar-refractivity contribution >= 4 is 46.8 Å². The molecule has 0 bridgehead atoms. The molecule has 40 valence electrons. The van der Waals surface area contributed by atoms with Crippen molar-refractivity contribution < 1.29 is 0 Å². The van der Waals surface area contributed by atoms with Crippen LogP contribution in [0.25, 0.3) is 0 Å². The van der Waals surface area contributed by atoms with Gasteiger partial charge in [-0.25, -0.2) is 0 Å². The smallest absolute Gasteiger partial charge is 0.131 e. The molecule has 0 saturated carbocycles. The Morgan fingerprint density at radius 2 is 2.14 bits per heavy atom. The van der Waals surface area contributed by atoms with Gasteiger partial charge in [-0.1, -0.05) is 21.6 Å². The zero-order valence-corrected chi connectivity index (χ0v) is 6.79. The highest BCUT2D eigenvalue weighted by atomic mass is 33.1. The molecular formula is C3H4S4. The molecular weight excluding hydrogens is 164 g/mol. The van der Waals surface area contributed by atoms with Crippen LogP contribution in [0, 0.1) is 0 Å². The summed E-state index contributed by atoms with van der Waals surface area (Å²) in [6.07, 6.45) is 1.95. The van der Waals surface area contributed by atoms with E-state index in [9.17, 15) is 0 Å². The molecule has 0 aromatic heterocycles. The fraction of sp³-hybridized carbons (Fsp3) is 0.333. The van der Waals surface area contributed by atoms with Crippen molar-refractivity contribution in [3.8, 4) is 0 Å². The highest BCUT2D eigenvalue weighted by Crippen LogP contribution is 2.49. The van der Waals surface area contributed by atoms with Gasteiger partial charge in [-0.05, 0) is 11.5 Å². The lowest BCUT2D eigenvalue weighted by Crippen LogP contribution is -1.93. The molecule has 1 aliphatic heterocycles. The van der Waals surface area contributed by atoms with Gasteiger partial charge in [0.15, 0.2) is 0 Å². The van der Waals surface area contributed by atoms with E-state index in [1.54, 1.807) is 21.6 Å². The third-order valence-electron chi connectivity index (χ3n) is 0.511. The summed E-state index contributed by atoms with van der Waals surface area (Å²) < 4.78 is -0.218. The SMILES string of the molecule is SC1(S)C=CSS1. The maximum absolute atomic E-state index is 4.17. The van der Waals surface area contributed by atoms with Gasteiger partial charge in [-0.2, -0.15) is 0 Å². The minimum atomic E-state index is -0.218. The zero-order valence-electron chi connectivity index (χ0n) is 3.37. The zero-order chi connectivity index (χ0) is 5.33. The first-order valence-corrected chi connectivity index (χ1v) is 4.78. The van der Waals surface area contributed by atoms with E-state index in [0.29, 0.717) is 0 Å². The molecule has 0 atom stereocenters. The van der Waals surface area contributed by atoms with Gasteiger partial charge in [0, 0.05) is 0 Å². The molecule has 0 aromatic rings. The largest absolute Gasteiger partial charge is 0.146 e. The second-order valence-electron chi connectivity index (χ2n) is 1.14. The fourth-order valence-electron chi connectivity index (χ4n) is 0.243. The maximum atomic E-state index is 4.17. The van der Waals surface area contributed by atoms with E-state index in [4.69, 9.17) is 0 Å². The van der Waals surface area contributed by atoms with Crippen LogP contribution in [0.1, 0.15) is 0 Å². The predicted octanol–water partition coefficient (Wildman–Crippen LogP) is 2.41. The lowest BCUT2D eigenvalue weighted by molar-refractivity contribution is 1.62. The molecule has 1 rings (SSSR count). The average Bonchev–Trinajstić information content (AvgIpc) is 1.84. The van der Waals surface area contributed by atoms with Crippen LogP contribution in [-0.4, -0.2) is 3.41 Å². The molecule has 0 aliphatic carbocycles. The summed E-state index contributed by atoms with van der Waals surface area (Å²) in [5, 5.41) is 1.99. The summed E-state index contributed by atoms with van der Waals surface area (Å²) in [6.45, 7) is 0. The molecule has 4 heteroatoms. The van der Waals surface area contributed by atoms with E-state index in [0.717, 1.165) is 0 Å². The molecule has 1 aliphatic rings. The molecule has 0 amide bonds. The minimum Gasteiger partial charge on any atom is -0.146 e. The maximum Gasteiger partial charge on any atom is 0.131 e. The molecule has 0 nitrogen and oxygen atoms in total. The first-order chi connectivity index (χ1) is 3.21. The van der Waals surface area contributed by atoms with Crippen LogP contribution in [0.15, 0.2) is 11.5 Å². The van der Waals surface area contributed by atoms with Crippen molar-refractivity contribution in [2.24, 2.45) is 0 Å². The topological polar surface area (TPSA) is 0 Å². The van der Waals surface area contributed by atoms with Gasteiger partial charge in [0.05, 0.1) is 0 Å². The Morgan fingerprint density at radius 1 is 1.43 bits per heavy atom. The van der Waals surface area contributed by atoms with Crippen LogP contribution in [0.5, 0.6) is 0 Å². The van der Waals surface area contributed by atoms with E-state index in [2.05, 4.69) is 25.3 Å². The molecule has 0 radical (unpaired) electrons. The van der Waals surface area contributed by atoms with Gasteiger partial charge in [-0.15, -0.1) is 25.3 Å². The van der Waals surface area contributed by atoms with E-state index in [1.165, 1.54) is 0 Å². The van der Waals surface area contributed by atoms with E-state index in [-0.39, 0.29) is 3.41 Å². The summed E-state index contributed by atoms with van der Waals surface area (Å²) >= 11 is 8.34. The molecule has 0 aromatic carbocycles. The highest BCUT2D eigenvalue weighted by molar-refractivity contribution is 8.81. The average molecular weight is 168 g/mol. The Kier molecular flexibility index (Phi) is 1.94. The lowest BCUT2D eigenvalue weighted by Gasteiger charge is -2.07. The Bertz CT molecular complexity index is 95.1. The highest BCUT2D eigenvalue weighted by Gasteiger charge is 2.20. The van der Waals surface area contributed by atoms with Gasteiger partial charge < -0.3 is 0 Å². The van der Waals surface area contributed by atoms with Gasteiger partial charge in [0.25, 0.3) is 0 Å². The van der Waals surface area contributed by atoms with Gasteiger partial charge >= 0.3 is 0 Å².